The van der Waals surface area contributed by atoms with Crippen LogP contribution >= 0.6 is 22.9 Å². The van der Waals surface area contributed by atoms with Gasteiger partial charge in [0.2, 0.25) is 5.88 Å². The SMILES string of the molecule is CN=Cc1c(N)nc(-c2ccsc2)nc1Oc1ccc(Cl)c(C(=O)Nc2ccc(CN3CCN(C)CC3)c(C(F)(F)F)c2)c1. The van der Waals surface area contributed by atoms with Crippen LogP contribution in [0.15, 0.2) is 58.2 Å². The Bertz CT molecular complexity index is 1670. The summed E-state index contributed by atoms with van der Waals surface area (Å²) in [6.07, 6.45) is -3.15. The first kappa shape index (κ1) is 31.4. The summed E-state index contributed by atoms with van der Waals surface area (Å²) < 4.78 is 48.2. The quantitative estimate of drug-likeness (QED) is 0.217. The number of nitrogens with two attached hydrogens (primary N) is 1. The maximum absolute atomic E-state index is 14.1. The van der Waals surface area contributed by atoms with Crippen molar-refractivity contribution in [2.75, 3.05) is 51.3 Å². The van der Waals surface area contributed by atoms with Crippen LogP contribution < -0.4 is 15.8 Å². The lowest BCUT2D eigenvalue weighted by molar-refractivity contribution is -0.138. The number of benzene rings is 2. The Morgan fingerprint density at radius 2 is 1.93 bits per heavy atom. The monoisotopic (exact) mass is 643 g/mol. The van der Waals surface area contributed by atoms with Gasteiger partial charge in [-0.25, -0.2) is 4.98 Å². The second-order valence-corrected chi connectivity index (χ2v) is 11.4. The van der Waals surface area contributed by atoms with E-state index in [9.17, 15) is 18.0 Å². The normalized spacial score (nSPS) is 14.7. The van der Waals surface area contributed by atoms with Crippen molar-refractivity contribution in [2.45, 2.75) is 12.7 Å². The predicted molar refractivity (Wildman–Crippen MR) is 167 cm³/mol. The van der Waals surface area contributed by atoms with Crippen molar-refractivity contribution >= 4 is 46.6 Å². The van der Waals surface area contributed by atoms with E-state index in [0.717, 1.165) is 24.7 Å². The molecule has 3 N–H and O–H groups in total. The van der Waals surface area contributed by atoms with Crippen LogP contribution in [0.25, 0.3) is 11.4 Å². The number of rotatable bonds is 8. The van der Waals surface area contributed by atoms with Crippen molar-refractivity contribution in [3.8, 4) is 23.0 Å². The molecule has 1 fully saturated rings. The molecule has 1 aliphatic rings. The van der Waals surface area contributed by atoms with Gasteiger partial charge in [0.25, 0.3) is 5.91 Å². The summed E-state index contributed by atoms with van der Waals surface area (Å²) in [5, 5.41) is 6.36. The summed E-state index contributed by atoms with van der Waals surface area (Å²) in [4.78, 5) is 30.2. The number of piperazine rings is 1. The number of carbonyl (C=O) groups is 1. The van der Waals surface area contributed by atoms with Crippen molar-refractivity contribution in [3.63, 3.8) is 0 Å². The summed E-state index contributed by atoms with van der Waals surface area (Å²) in [6.45, 7) is 3.08. The summed E-state index contributed by atoms with van der Waals surface area (Å²) in [7, 11) is 3.54. The number of aliphatic imine (C=N–C) groups is 1. The van der Waals surface area contributed by atoms with E-state index in [0.29, 0.717) is 24.5 Å². The number of carbonyl (C=O) groups excluding carboxylic acids is 1. The lowest BCUT2D eigenvalue weighted by Gasteiger charge is -2.33. The molecule has 3 heterocycles. The van der Waals surface area contributed by atoms with Gasteiger partial charge in [-0.05, 0) is 54.4 Å². The van der Waals surface area contributed by atoms with E-state index in [2.05, 4.69) is 25.2 Å². The fourth-order valence-corrected chi connectivity index (χ4v) is 5.51. The van der Waals surface area contributed by atoms with E-state index in [-0.39, 0.29) is 45.8 Å². The molecule has 44 heavy (non-hydrogen) atoms. The van der Waals surface area contributed by atoms with Gasteiger partial charge < -0.3 is 20.7 Å². The van der Waals surface area contributed by atoms with Gasteiger partial charge in [0, 0.05) is 62.6 Å². The molecule has 0 spiro atoms. The third-order valence-corrected chi connectivity index (χ3v) is 8.05. The highest BCUT2D eigenvalue weighted by molar-refractivity contribution is 7.08. The Morgan fingerprint density at radius 3 is 2.61 bits per heavy atom. The third kappa shape index (κ3) is 7.36. The van der Waals surface area contributed by atoms with Crippen LogP contribution in [-0.2, 0) is 12.7 Å². The third-order valence-electron chi connectivity index (χ3n) is 7.04. The highest BCUT2D eigenvalue weighted by Gasteiger charge is 2.34. The van der Waals surface area contributed by atoms with E-state index < -0.39 is 17.6 Å². The largest absolute Gasteiger partial charge is 0.438 e. The second kappa shape index (κ2) is 13.3. The number of aromatic nitrogens is 2. The van der Waals surface area contributed by atoms with Crippen molar-refractivity contribution in [1.82, 2.24) is 19.8 Å². The number of hydrogen-bond acceptors (Lipinski definition) is 9. The van der Waals surface area contributed by atoms with Crippen LogP contribution in [-0.4, -0.2) is 72.2 Å². The van der Waals surface area contributed by atoms with Crippen LogP contribution in [0.2, 0.25) is 5.02 Å². The lowest BCUT2D eigenvalue weighted by atomic mass is 10.0. The summed E-state index contributed by atoms with van der Waals surface area (Å²) in [6, 6.07) is 10.00. The molecule has 4 aromatic rings. The first-order valence-corrected chi connectivity index (χ1v) is 14.9. The standard InChI is InChI=1S/C30H29ClF3N7O2S/c1-36-15-23-26(35)38-27(19-7-12-44-17-19)39-29(23)43-21-5-6-25(31)22(14-21)28(42)37-20-4-3-18(24(13-20)30(32,33)34)16-41-10-8-40(2)9-11-41/h3-7,12-15,17H,8-11,16H2,1-2H3,(H,37,42)(H2,35,38,39). The number of hydrogen-bond donors (Lipinski definition) is 2. The van der Waals surface area contributed by atoms with E-state index in [4.69, 9.17) is 22.1 Å². The number of amides is 1. The molecule has 0 aliphatic carbocycles. The van der Waals surface area contributed by atoms with Crippen LogP contribution in [0.1, 0.15) is 27.0 Å². The summed E-state index contributed by atoms with van der Waals surface area (Å²) in [5.41, 5.74) is 6.58. The van der Waals surface area contributed by atoms with Crippen molar-refractivity contribution in [1.29, 1.82) is 0 Å². The van der Waals surface area contributed by atoms with Gasteiger partial charge in [-0.3, -0.25) is 14.7 Å². The van der Waals surface area contributed by atoms with Crippen molar-refractivity contribution < 1.29 is 22.7 Å². The van der Waals surface area contributed by atoms with Gasteiger partial charge in [-0.2, -0.15) is 29.5 Å². The highest BCUT2D eigenvalue weighted by Crippen LogP contribution is 2.36. The van der Waals surface area contributed by atoms with Crippen molar-refractivity contribution in [3.05, 3.63) is 80.5 Å². The number of halogens is 4. The van der Waals surface area contributed by atoms with Crippen LogP contribution in [0.4, 0.5) is 24.7 Å². The topological polar surface area (TPSA) is 109 Å². The van der Waals surface area contributed by atoms with E-state index >= 15 is 0 Å². The maximum atomic E-state index is 14.1. The zero-order valence-corrected chi connectivity index (χ0v) is 25.4. The Hall–Kier alpha value is -4.04. The molecule has 2 aromatic heterocycles. The van der Waals surface area contributed by atoms with E-state index in [1.165, 1.54) is 47.9 Å². The van der Waals surface area contributed by atoms with Crippen LogP contribution in [0, 0.1) is 0 Å². The Balaban J connectivity index is 1.39. The fraction of sp³-hybridized carbons (Fsp3) is 0.267. The molecule has 0 bridgehead atoms. The maximum Gasteiger partial charge on any atom is 0.416 e. The molecular formula is C30H29ClF3N7O2S. The van der Waals surface area contributed by atoms with Gasteiger partial charge in [0.15, 0.2) is 5.82 Å². The zero-order chi connectivity index (χ0) is 31.4. The number of anilines is 2. The molecule has 0 radical (unpaired) electrons. The number of nitrogens with zero attached hydrogens (tertiary/aromatic N) is 5. The Labute approximate surface area is 261 Å². The van der Waals surface area contributed by atoms with Gasteiger partial charge >= 0.3 is 6.18 Å². The minimum Gasteiger partial charge on any atom is -0.438 e. The first-order chi connectivity index (χ1) is 21.0. The zero-order valence-electron chi connectivity index (χ0n) is 23.9. The van der Waals surface area contributed by atoms with Gasteiger partial charge in [0.1, 0.15) is 11.6 Å². The molecule has 14 heteroatoms. The number of ether oxygens (including phenoxy) is 1. The summed E-state index contributed by atoms with van der Waals surface area (Å²) >= 11 is 7.81. The number of alkyl halides is 3. The molecule has 0 unspecified atom stereocenters. The van der Waals surface area contributed by atoms with E-state index in [1.807, 2.05) is 28.8 Å². The Kier molecular flexibility index (Phi) is 9.49. The number of thiophene rings is 1. The average molecular weight is 644 g/mol. The predicted octanol–water partition coefficient (Wildman–Crippen LogP) is 6.30. The highest BCUT2D eigenvalue weighted by atomic mass is 35.5. The minimum absolute atomic E-state index is 0.00923. The van der Waals surface area contributed by atoms with Crippen LogP contribution in [0.3, 0.4) is 0 Å². The number of nitrogens with one attached hydrogen (secondary N) is 1. The summed E-state index contributed by atoms with van der Waals surface area (Å²) in [5.74, 6) is 0.0690. The molecule has 0 atom stereocenters. The average Bonchev–Trinajstić information content (AvgIpc) is 3.52. The van der Waals surface area contributed by atoms with E-state index in [1.54, 1.807) is 7.05 Å². The first-order valence-electron chi connectivity index (χ1n) is 13.5. The molecule has 5 rings (SSSR count). The second-order valence-electron chi connectivity index (χ2n) is 10.2. The minimum atomic E-state index is -4.60. The number of likely N-dealkylation sites (N-methyl/N-ethyl adjacent to an activating group) is 1. The van der Waals surface area contributed by atoms with Gasteiger partial charge in [-0.15, -0.1) is 0 Å². The van der Waals surface area contributed by atoms with Crippen molar-refractivity contribution in [2.24, 2.45) is 4.99 Å². The molecule has 1 aliphatic heterocycles. The molecule has 0 saturated carbocycles. The fourth-order valence-electron chi connectivity index (χ4n) is 4.67. The molecule has 1 saturated heterocycles. The number of nitrogen functional groups attached to an aromatic ring is 1. The van der Waals surface area contributed by atoms with Gasteiger partial charge in [0.05, 0.1) is 21.7 Å². The lowest BCUT2D eigenvalue weighted by Crippen LogP contribution is -2.44. The molecule has 9 nitrogen and oxygen atoms in total. The Morgan fingerprint density at radius 1 is 1.16 bits per heavy atom. The molecule has 2 aromatic carbocycles. The molecule has 230 valence electrons. The van der Waals surface area contributed by atoms with Crippen LogP contribution in [0.5, 0.6) is 11.6 Å². The molecule has 1 amide bonds. The molecular weight excluding hydrogens is 615 g/mol. The smallest absolute Gasteiger partial charge is 0.416 e. The van der Waals surface area contributed by atoms with Gasteiger partial charge in [-0.1, -0.05) is 17.7 Å².